The SMILES string of the molecule is Cc1ccc2c(=O)c(C)c(-c3ccccc3)[nH]c2c1. The lowest BCUT2D eigenvalue weighted by Gasteiger charge is -2.09. The second-order valence-corrected chi connectivity index (χ2v) is 4.87. The van der Waals surface area contributed by atoms with Crippen LogP contribution in [-0.4, -0.2) is 4.98 Å². The van der Waals surface area contributed by atoms with Crippen molar-refractivity contribution in [2.75, 3.05) is 0 Å². The Morgan fingerprint density at radius 2 is 1.68 bits per heavy atom. The molecule has 0 fully saturated rings. The van der Waals surface area contributed by atoms with Crippen LogP contribution in [0.2, 0.25) is 0 Å². The number of fused-ring (bicyclic) bond motifs is 1. The summed E-state index contributed by atoms with van der Waals surface area (Å²) in [4.78, 5) is 15.8. The molecule has 2 heteroatoms. The van der Waals surface area contributed by atoms with Crippen LogP contribution in [0.1, 0.15) is 11.1 Å². The maximum atomic E-state index is 12.4. The molecule has 0 unspecified atom stereocenters. The monoisotopic (exact) mass is 249 g/mol. The zero-order valence-corrected chi connectivity index (χ0v) is 11.0. The lowest BCUT2D eigenvalue weighted by atomic mass is 10.0. The predicted octanol–water partition coefficient (Wildman–Crippen LogP) is 3.81. The summed E-state index contributed by atoms with van der Waals surface area (Å²) < 4.78 is 0. The Morgan fingerprint density at radius 1 is 0.947 bits per heavy atom. The maximum Gasteiger partial charge on any atom is 0.192 e. The summed E-state index contributed by atoms with van der Waals surface area (Å²) in [5.41, 5.74) is 4.86. The molecule has 3 rings (SSSR count). The quantitative estimate of drug-likeness (QED) is 0.699. The predicted molar refractivity (Wildman–Crippen MR) is 79.5 cm³/mol. The number of aromatic nitrogens is 1. The zero-order valence-electron chi connectivity index (χ0n) is 11.0. The van der Waals surface area contributed by atoms with E-state index < -0.39 is 0 Å². The van der Waals surface area contributed by atoms with Crippen LogP contribution in [0.3, 0.4) is 0 Å². The number of aromatic amines is 1. The average Bonchev–Trinajstić information content (AvgIpc) is 2.43. The summed E-state index contributed by atoms with van der Waals surface area (Å²) in [5, 5.41) is 0.753. The molecule has 0 atom stereocenters. The minimum Gasteiger partial charge on any atom is -0.354 e. The Morgan fingerprint density at radius 3 is 2.42 bits per heavy atom. The normalized spacial score (nSPS) is 10.8. The van der Waals surface area contributed by atoms with E-state index in [4.69, 9.17) is 0 Å². The minimum absolute atomic E-state index is 0.104. The number of H-pyrrole nitrogens is 1. The van der Waals surface area contributed by atoms with Crippen molar-refractivity contribution >= 4 is 10.9 Å². The molecule has 0 spiro atoms. The van der Waals surface area contributed by atoms with Crippen molar-refractivity contribution in [2.45, 2.75) is 13.8 Å². The molecule has 0 saturated carbocycles. The summed E-state index contributed by atoms with van der Waals surface area (Å²) in [6.45, 7) is 3.90. The highest BCUT2D eigenvalue weighted by molar-refractivity contribution is 5.83. The molecular formula is C17H15NO. The average molecular weight is 249 g/mol. The first-order valence-electron chi connectivity index (χ1n) is 6.35. The van der Waals surface area contributed by atoms with Crippen molar-refractivity contribution in [3.05, 3.63) is 69.9 Å². The second kappa shape index (κ2) is 4.39. The van der Waals surface area contributed by atoms with Crippen molar-refractivity contribution in [1.82, 2.24) is 4.98 Å². The van der Waals surface area contributed by atoms with E-state index in [1.165, 1.54) is 0 Å². The van der Waals surface area contributed by atoms with Gasteiger partial charge in [-0.1, -0.05) is 36.4 Å². The molecule has 94 valence electrons. The molecule has 0 aliphatic carbocycles. The van der Waals surface area contributed by atoms with Gasteiger partial charge in [0.25, 0.3) is 0 Å². The summed E-state index contributed by atoms with van der Waals surface area (Å²) in [6, 6.07) is 15.8. The van der Waals surface area contributed by atoms with Gasteiger partial charge < -0.3 is 4.98 Å². The van der Waals surface area contributed by atoms with Gasteiger partial charge in [-0.3, -0.25) is 4.79 Å². The Kier molecular flexibility index (Phi) is 2.71. The Bertz CT molecular complexity index is 801. The Hall–Kier alpha value is -2.35. The Balaban J connectivity index is 2.38. The molecule has 0 bridgehead atoms. The fourth-order valence-corrected chi connectivity index (χ4v) is 2.40. The number of pyridine rings is 1. The standard InChI is InChI=1S/C17H15NO/c1-11-8-9-14-15(10-11)18-16(12(2)17(14)19)13-6-4-3-5-7-13/h3-10H,1-2H3,(H,18,19). The Labute approximate surface area is 111 Å². The van der Waals surface area contributed by atoms with Crippen LogP contribution in [0.4, 0.5) is 0 Å². The van der Waals surface area contributed by atoms with E-state index in [-0.39, 0.29) is 5.43 Å². The fraction of sp³-hybridized carbons (Fsp3) is 0.118. The molecule has 1 N–H and O–H groups in total. The highest BCUT2D eigenvalue weighted by atomic mass is 16.1. The van der Waals surface area contributed by atoms with Crippen molar-refractivity contribution in [1.29, 1.82) is 0 Å². The smallest absolute Gasteiger partial charge is 0.192 e. The van der Waals surface area contributed by atoms with Crippen LogP contribution >= 0.6 is 0 Å². The first-order valence-corrected chi connectivity index (χ1v) is 6.35. The van der Waals surface area contributed by atoms with E-state index >= 15 is 0 Å². The van der Waals surface area contributed by atoms with Gasteiger partial charge in [-0.2, -0.15) is 0 Å². The van der Waals surface area contributed by atoms with Crippen LogP contribution in [0, 0.1) is 13.8 Å². The van der Waals surface area contributed by atoms with Gasteiger partial charge in [0.05, 0.1) is 5.69 Å². The molecule has 0 aliphatic rings. The molecule has 19 heavy (non-hydrogen) atoms. The first kappa shape index (κ1) is 11.7. The lowest BCUT2D eigenvalue weighted by molar-refractivity contribution is 1.29. The van der Waals surface area contributed by atoms with Crippen molar-refractivity contribution in [3.8, 4) is 11.3 Å². The van der Waals surface area contributed by atoms with Crippen LogP contribution < -0.4 is 5.43 Å². The van der Waals surface area contributed by atoms with Gasteiger partial charge in [0.2, 0.25) is 0 Å². The van der Waals surface area contributed by atoms with Crippen LogP contribution in [0.15, 0.2) is 53.3 Å². The van der Waals surface area contributed by atoms with Gasteiger partial charge in [0.15, 0.2) is 5.43 Å². The molecule has 2 nitrogen and oxygen atoms in total. The molecule has 0 aliphatic heterocycles. The molecule has 0 amide bonds. The number of aryl methyl sites for hydroxylation is 1. The van der Waals surface area contributed by atoms with E-state index in [9.17, 15) is 4.79 Å². The van der Waals surface area contributed by atoms with Gasteiger partial charge in [-0.15, -0.1) is 0 Å². The minimum atomic E-state index is 0.104. The van der Waals surface area contributed by atoms with Crippen molar-refractivity contribution in [2.24, 2.45) is 0 Å². The van der Waals surface area contributed by atoms with E-state index in [2.05, 4.69) is 4.98 Å². The lowest BCUT2D eigenvalue weighted by Crippen LogP contribution is -2.09. The summed E-state index contributed by atoms with van der Waals surface area (Å²) in [5.74, 6) is 0. The molecule has 0 saturated heterocycles. The molecule has 2 aromatic carbocycles. The van der Waals surface area contributed by atoms with Crippen LogP contribution in [0.25, 0.3) is 22.2 Å². The van der Waals surface area contributed by atoms with Crippen LogP contribution in [-0.2, 0) is 0 Å². The van der Waals surface area contributed by atoms with E-state index in [1.54, 1.807) is 0 Å². The zero-order chi connectivity index (χ0) is 13.4. The number of hydrogen-bond donors (Lipinski definition) is 1. The number of benzene rings is 2. The third kappa shape index (κ3) is 1.95. The first-order chi connectivity index (χ1) is 9.16. The highest BCUT2D eigenvalue weighted by Gasteiger charge is 2.09. The molecule has 0 radical (unpaired) electrons. The highest BCUT2D eigenvalue weighted by Crippen LogP contribution is 2.22. The van der Waals surface area contributed by atoms with Crippen LogP contribution in [0.5, 0.6) is 0 Å². The number of rotatable bonds is 1. The molecular weight excluding hydrogens is 234 g/mol. The van der Waals surface area contributed by atoms with Gasteiger partial charge in [0, 0.05) is 16.5 Å². The van der Waals surface area contributed by atoms with Gasteiger partial charge in [0.1, 0.15) is 0 Å². The topological polar surface area (TPSA) is 32.9 Å². The molecule has 1 aromatic heterocycles. The third-order valence-corrected chi connectivity index (χ3v) is 3.46. The molecule has 1 heterocycles. The van der Waals surface area contributed by atoms with E-state index in [1.807, 2.05) is 62.4 Å². The summed E-state index contributed by atoms with van der Waals surface area (Å²) >= 11 is 0. The fourth-order valence-electron chi connectivity index (χ4n) is 2.40. The van der Waals surface area contributed by atoms with Gasteiger partial charge >= 0.3 is 0 Å². The van der Waals surface area contributed by atoms with Crippen molar-refractivity contribution in [3.63, 3.8) is 0 Å². The van der Waals surface area contributed by atoms with Gasteiger partial charge in [-0.05, 0) is 37.1 Å². The number of nitrogens with one attached hydrogen (secondary N) is 1. The molecule has 3 aromatic rings. The second-order valence-electron chi connectivity index (χ2n) is 4.87. The summed E-state index contributed by atoms with van der Waals surface area (Å²) in [6.07, 6.45) is 0. The maximum absolute atomic E-state index is 12.4. The largest absolute Gasteiger partial charge is 0.354 e. The third-order valence-electron chi connectivity index (χ3n) is 3.46. The van der Waals surface area contributed by atoms with E-state index in [0.717, 1.165) is 33.3 Å². The van der Waals surface area contributed by atoms with E-state index in [0.29, 0.717) is 0 Å². The summed E-state index contributed by atoms with van der Waals surface area (Å²) in [7, 11) is 0. The van der Waals surface area contributed by atoms with Gasteiger partial charge in [-0.25, -0.2) is 0 Å². The van der Waals surface area contributed by atoms with Crippen molar-refractivity contribution < 1.29 is 0 Å². The number of hydrogen-bond acceptors (Lipinski definition) is 1.